The first-order valence-corrected chi connectivity index (χ1v) is 10.0. The van der Waals surface area contributed by atoms with Crippen LogP contribution in [-0.2, 0) is 4.79 Å². The van der Waals surface area contributed by atoms with Crippen molar-refractivity contribution >= 4 is 28.9 Å². The van der Waals surface area contributed by atoms with Crippen LogP contribution < -0.4 is 24.4 Å². The third-order valence-electron chi connectivity index (χ3n) is 5.18. The molecule has 33 heavy (non-hydrogen) atoms. The lowest BCUT2D eigenvalue weighted by Gasteiger charge is -2.27. The Morgan fingerprint density at radius 3 is 2.55 bits per heavy atom. The molecule has 0 bridgehead atoms. The van der Waals surface area contributed by atoms with Gasteiger partial charge in [0.1, 0.15) is 17.9 Å². The summed E-state index contributed by atoms with van der Waals surface area (Å²) in [7, 11) is 2.71. The van der Waals surface area contributed by atoms with Gasteiger partial charge in [-0.1, -0.05) is 6.08 Å². The first-order valence-electron chi connectivity index (χ1n) is 10.0. The van der Waals surface area contributed by atoms with E-state index in [4.69, 9.17) is 14.2 Å². The Morgan fingerprint density at radius 2 is 1.94 bits per heavy atom. The highest BCUT2D eigenvalue weighted by Crippen LogP contribution is 2.39. The average molecular weight is 455 g/mol. The zero-order chi connectivity index (χ0) is 24.3. The van der Waals surface area contributed by atoms with Gasteiger partial charge in [0.15, 0.2) is 11.5 Å². The van der Waals surface area contributed by atoms with Gasteiger partial charge < -0.3 is 24.4 Å². The normalized spacial score (nSPS) is 14.4. The molecule has 0 spiro atoms. The number of hydrogen-bond donors (Lipinski definition) is 1. The summed E-state index contributed by atoms with van der Waals surface area (Å²) in [5.41, 5.74) is -0.501. The number of ether oxygens (including phenoxy) is 3. The van der Waals surface area contributed by atoms with E-state index in [0.29, 0.717) is 23.7 Å². The Labute approximate surface area is 190 Å². The van der Waals surface area contributed by atoms with Crippen LogP contribution in [0, 0.1) is 15.5 Å². The number of fused-ring (bicyclic) bond motifs is 1. The molecule has 1 aliphatic heterocycles. The Bertz CT molecular complexity index is 1130. The Kier molecular flexibility index (Phi) is 6.57. The summed E-state index contributed by atoms with van der Waals surface area (Å²) in [6.45, 7) is 7.73. The van der Waals surface area contributed by atoms with Gasteiger partial charge in [-0.05, 0) is 26.0 Å². The van der Waals surface area contributed by atoms with E-state index in [9.17, 15) is 19.7 Å². The van der Waals surface area contributed by atoms with Crippen LogP contribution in [0.3, 0.4) is 0 Å². The van der Waals surface area contributed by atoms with Crippen LogP contribution in [-0.4, -0.2) is 44.1 Å². The molecule has 0 unspecified atom stereocenters. The van der Waals surface area contributed by atoms with Gasteiger partial charge >= 0.3 is 0 Å². The number of rotatable bonds is 7. The van der Waals surface area contributed by atoms with Crippen LogP contribution in [0.2, 0.25) is 0 Å². The van der Waals surface area contributed by atoms with E-state index >= 15 is 0 Å². The highest BCUT2D eigenvalue weighted by Gasteiger charge is 2.37. The van der Waals surface area contributed by atoms with Crippen LogP contribution in [0.25, 0.3) is 0 Å². The highest BCUT2D eigenvalue weighted by atomic mass is 16.6. The van der Waals surface area contributed by atoms with E-state index < -0.39 is 21.9 Å². The molecular formula is C23H25N3O7. The van der Waals surface area contributed by atoms with E-state index in [0.717, 1.165) is 6.07 Å². The van der Waals surface area contributed by atoms with E-state index in [1.54, 1.807) is 43.0 Å². The van der Waals surface area contributed by atoms with Crippen molar-refractivity contribution in [2.45, 2.75) is 13.8 Å². The number of hydrogen-bond acceptors (Lipinski definition) is 7. The SMILES string of the molecule is C=CCN1C(=O)C(C)(C)COc2cc(NC(=O)c3cc(OC)c(OC)cc3[N+](=O)[O-])ccc21. The van der Waals surface area contributed by atoms with Crippen LogP contribution in [0.15, 0.2) is 43.0 Å². The summed E-state index contributed by atoms with van der Waals surface area (Å²) in [6.07, 6.45) is 1.62. The van der Waals surface area contributed by atoms with E-state index in [-0.39, 0.29) is 29.6 Å². The highest BCUT2D eigenvalue weighted by molar-refractivity contribution is 6.08. The monoisotopic (exact) mass is 455 g/mol. The van der Waals surface area contributed by atoms with Crippen molar-refractivity contribution in [1.82, 2.24) is 0 Å². The smallest absolute Gasteiger partial charge is 0.286 e. The lowest BCUT2D eigenvalue weighted by molar-refractivity contribution is -0.385. The zero-order valence-corrected chi connectivity index (χ0v) is 18.8. The summed E-state index contributed by atoms with van der Waals surface area (Å²) >= 11 is 0. The molecule has 1 aliphatic rings. The molecule has 0 atom stereocenters. The fourth-order valence-electron chi connectivity index (χ4n) is 3.44. The number of nitrogens with zero attached hydrogens (tertiary/aromatic N) is 2. The lowest BCUT2D eigenvalue weighted by atomic mass is 9.93. The van der Waals surface area contributed by atoms with Crippen molar-refractivity contribution in [2.75, 3.05) is 37.6 Å². The summed E-state index contributed by atoms with van der Waals surface area (Å²) < 4.78 is 16.1. The number of amides is 2. The Balaban J connectivity index is 1.97. The molecule has 0 fully saturated rings. The molecule has 0 radical (unpaired) electrons. The third-order valence-corrected chi connectivity index (χ3v) is 5.18. The van der Waals surface area contributed by atoms with Gasteiger partial charge in [-0.15, -0.1) is 6.58 Å². The predicted octanol–water partition coefficient (Wildman–Crippen LogP) is 3.80. The van der Waals surface area contributed by atoms with Crippen molar-refractivity contribution < 1.29 is 28.7 Å². The largest absolute Gasteiger partial charge is 0.493 e. The van der Waals surface area contributed by atoms with Crippen molar-refractivity contribution in [2.24, 2.45) is 5.41 Å². The fourth-order valence-corrected chi connectivity index (χ4v) is 3.44. The average Bonchev–Trinajstić information content (AvgIpc) is 2.88. The van der Waals surface area contributed by atoms with Gasteiger partial charge in [0.2, 0.25) is 5.91 Å². The van der Waals surface area contributed by atoms with Crippen LogP contribution in [0.5, 0.6) is 17.2 Å². The first-order chi connectivity index (χ1) is 15.6. The topological polar surface area (TPSA) is 120 Å². The van der Waals surface area contributed by atoms with Gasteiger partial charge in [-0.2, -0.15) is 0 Å². The first kappa shape index (κ1) is 23.6. The van der Waals surface area contributed by atoms with Gasteiger partial charge in [-0.3, -0.25) is 19.7 Å². The summed E-state index contributed by atoms with van der Waals surface area (Å²) in [5.74, 6) is -0.113. The lowest BCUT2D eigenvalue weighted by Crippen LogP contribution is -2.42. The standard InChI is InChI=1S/C23H25N3O7/c1-6-9-25-16-8-7-14(10-18(16)33-13-23(2,3)22(25)28)24-21(27)15-11-19(31-4)20(32-5)12-17(15)26(29)30/h6-8,10-12H,1,9,13H2,2-5H3,(H,24,27). The van der Waals surface area contributed by atoms with Crippen LogP contribution in [0.1, 0.15) is 24.2 Å². The third kappa shape index (κ3) is 4.59. The van der Waals surface area contributed by atoms with E-state index in [2.05, 4.69) is 11.9 Å². The molecule has 0 saturated heterocycles. The molecule has 174 valence electrons. The van der Waals surface area contributed by atoms with Gasteiger partial charge in [0.05, 0.1) is 36.3 Å². The number of nitro groups is 1. The molecule has 10 heteroatoms. The molecule has 0 aromatic heterocycles. The molecule has 2 aromatic rings. The molecule has 2 amide bonds. The fraction of sp³-hybridized carbons (Fsp3) is 0.304. The molecule has 2 aromatic carbocycles. The van der Waals surface area contributed by atoms with Crippen molar-refractivity contribution in [3.05, 3.63) is 58.7 Å². The summed E-state index contributed by atoms with van der Waals surface area (Å²) in [6, 6.07) is 7.20. The van der Waals surface area contributed by atoms with Crippen molar-refractivity contribution in [3.63, 3.8) is 0 Å². The number of anilines is 2. The number of nitrogens with one attached hydrogen (secondary N) is 1. The maximum atomic E-state index is 12.9. The van der Waals surface area contributed by atoms with Gasteiger partial charge in [0, 0.05) is 24.4 Å². The number of nitro benzene ring substituents is 1. The van der Waals surface area contributed by atoms with E-state index in [1.165, 1.54) is 20.3 Å². The molecular weight excluding hydrogens is 430 g/mol. The minimum absolute atomic E-state index is 0.112. The number of methoxy groups -OCH3 is 2. The Morgan fingerprint density at radius 1 is 1.27 bits per heavy atom. The second kappa shape index (κ2) is 9.19. The zero-order valence-electron chi connectivity index (χ0n) is 18.8. The van der Waals surface area contributed by atoms with Crippen LogP contribution >= 0.6 is 0 Å². The van der Waals surface area contributed by atoms with E-state index in [1.807, 2.05) is 0 Å². The maximum Gasteiger partial charge on any atom is 0.286 e. The summed E-state index contributed by atoms with van der Waals surface area (Å²) in [4.78, 5) is 38.3. The molecule has 0 aliphatic carbocycles. The predicted molar refractivity (Wildman–Crippen MR) is 122 cm³/mol. The number of benzene rings is 2. The molecule has 0 saturated carbocycles. The van der Waals surface area contributed by atoms with Gasteiger partial charge in [0.25, 0.3) is 11.6 Å². The minimum Gasteiger partial charge on any atom is -0.493 e. The Hall–Kier alpha value is -4.08. The molecule has 3 rings (SSSR count). The van der Waals surface area contributed by atoms with Crippen molar-refractivity contribution in [1.29, 1.82) is 0 Å². The summed E-state index contributed by atoms with van der Waals surface area (Å²) in [5, 5.41) is 14.2. The maximum absolute atomic E-state index is 12.9. The minimum atomic E-state index is -0.758. The van der Waals surface area contributed by atoms with Crippen molar-refractivity contribution in [3.8, 4) is 17.2 Å². The number of carbonyl (C=O) groups is 2. The number of carbonyl (C=O) groups excluding carboxylic acids is 2. The quantitative estimate of drug-likeness (QED) is 0.383. The molecule has 10 nitrogen and oxygen atoms in total. The molecule has 1 heterocycles. The second-order valence-corrected chi connectivity index (χ2v) is 8.00. The second-order valence-electron chi connectivity index (χ2n) is 8.00. The van der Waals surface area contributed by atoms with Crippen LogP contribution in [0.4, 0.5) is 17.1 Å². The molecule has 1 N–H and O–H groups in total. The van der Waals surface area contributed by atoms with Gasteiger partial charge in [-0.25, -0.2) is 0 Å².